The number of rotatable bonds is 10. The molecule has 254 valence electrons. The van der Waals surface area contributed by atoms with Gasteiger partial charge in [0.2, 0.25) is 5.91 Å². The Kier molecular flexibility index (Phi) is 8.78. The topological polar surface area (TPSA) is 97.9 Å². The van der Waals surface area contributed by atoms with Crippen LogP contribution in [0.4, 0.5) is 16.2 Å². The number of hydrogen-bond donors (Lipinski definition) is 1. The highest BCUT2D eigenvalue weighted by Gasteiger charge is 2.70. The second-order valence-corrected chi connectivity index (χ2v) is 13.7. The first kappa shape index (κ1) is 32.4. The average molecular weight is 655 g/mol. The minimum atomic E-state index is -0.931. The number of methoxy groups -OCH3 is 1. The van der Waals surface area contributed by atoms with Crippen LogP contribution in [0.1, 0.15) is 36.9 Å². The number of amides is 4. The lowest BCUT2D eigenvalue weighted by atomic mass is 9.87. The quantitative estimate of drug-likeness (QED) is 0.326. The molecule has 11 heteroatoms. The molecule has 0 aromatic heterocycles. The first-order valence-corrected chi connectivity index (χ1v) is 17.1. The molecule has 48 heavy (non-hydrogen) atoms. The van der Waals surface area contributed by atoms with Crippen molar-refractivity contribution in [2.45, 2.75) is 37.9 Å². The van der Waals surface area contributed by atoms with Crippen LogP contribution in [-0.4, -0.2) is 117 Å². The summed E-state index contributed by atoms with van der Waals surface area (Å²) in [6.07, 6.45) is 1.09. The van der Waals surface area contributed by atoms with Crippen LogP contribution in [0.3, 0.4) is 0 Å². The SMILES string of the molecule is CCC(=O)Nc1cc(CN2C[C@@H]3C[C@@H](c4ccc(N(C)C)c5ccccc45)N4C(=O)N(CCN5CCOCC5)C(=O)C34C2)ccc1OC. The molecule has 0 aliphatic carbocycles. The molecule has 4 fully saturated rings. The summed E-state index contributed by atoms with van der Waals surface area (Å²) in [6.45, 7) is 7.51. The Bertz CT molecular complexity index is 1720. The molecule has 1 unspecified atom stereocenters. The van der Waals surface area contributed by atoms with E-state index in [0.717, 1.165) is 47.1 Å². The van der Waals surface area contributed by atoms with Gasteiger partial charge in [0.15, 0.2) is 0 Å². The maximum atomic E-state index is 14.7. The second kappa shape index (κ2) is 13.0. The minimum Gasteiger partial charge on any atom is -0.495 e. The molecule has 4 aliphatic rings. The summed E-state index contributed by atoms with van der Waals surface area (Å²) in [7, 11) is 5.68. The van der Waals surface area contributed by atoms with E-state index in [0.29, 0.717) is 63.8 Å². The Morgan fingerprint density at radius 2 is 1.79 bits per heavy atom. The predicted molar refractivity (Wildman–Crippen MR) is 185 cm³/mol. The van der Waals surface area contributed by atoms with Crippen LogP contribution in [0.2, 0.25) is 0 Å². The summed E-state index contributed by atoms with van der Waals surface area (Å²) < 4.78 is 11.0. The summed E-state index contributed by atoms with van der Waals surface area (Å²) in [5, 5.41) is 5.21. The van der Waals surface area contributed by atoms with Gasteiger partial charge in [-0.3, -0.25) is 24.3 Å². The van der Waals surface area contributed by atoms with Crippen molar-refractivity contribution in [2.24, 2.45) is 5.92 Å². The lowest BCUT2D eigenvalue weighted by molar-refractivity contribution is -0.133. The first-order valence-electron chi connectivity index (χ1n) is 17.1. The fraction of sp³-hybridized carbons (Fsp3) is 0.486. The first-order chi connectivity index (χ1) is 23.2. The van der Waals surface area contributed by atoms with Crippen molar-refractivity contribution in [1.29, 1.82) is 0 Å². The van der Waals surface area contributed by atoms with Gasteiger partial charge >= 0.3 is 6.03 Å². The van der Waals surface area contributed by atoms with Crippen molar-refractivity contribution >= 4 is 40.0 Å². The summed E-state index contributed by atoms with van der Waals surface area (Å²) in [6, 6.07) is 18.1. The summed E-state index contributed by atoms with van der Waals surface area (Å²) >= 11 is 0. The van der Waals surface area contributed by atoms with Gasteiger partial charge in [-0.25, -0.2) is 4.79 Å². The van der Waals surface area contributed by atoms with Crippen molar-refractivity contribution in [3.05, 3.63) is 65.7 Å². The van der Waals surface area contributed by atoms with E-state index in [2.05, 4.69) is 56.4 Å². The molecule has 3 aromatic carbocycles. The van der Waals surface area contributed by atoms with Crippen molar-refractivity contribution in [3.63, 3.8) is 0 Å². The number of urea groups is 1. The van der Waals surface area contributed by atoms with Gasteiger partial charge in [-0.05, 0) is 41.1 Å². The number of hydrogen-bond acceptors (Lipinski definition) is 8. The van der Waals surface area contributed by atoms with Gasteiger partial charge in [0, 0.05) is 83.3 Å². The van der Waals surface area contributed by atoms with E-state index in [4.69, 9.17) is 9.47 Å². The maximum Gasteiger partial charge on any atom is 0.328 e. The molecule has 1 spiro atoms. The summed E-state index contributed by atoms with van der Waals surface area (Å²) in [4.78, 5) is 51.6. The molecule has 0 saturated carbocycles. The number of morpholine rings is 1. The van der Waals surface area contributed by atoms with Crippen molar-refractivity contribution in [3.8, 4) is 5.75 Å². The van der Waals surface area contributed by atoms with Crippen LogP contribution in [0.5, 0.6) is 5.75 Å². The highest BCUT2D eigenvalue weighted by Crippen LogP contribution is 2.56. The molecule has 4 heterocycles. The molecule has 1 N–H and O–H groups in total. The largest absolute Gasteiger partial charge is 0.495 e. The van der Waals surface area contributed by atoms with Gasteiger partial charge in [0.25, 0.3) is 5.91 Å². The normalized spacial score (nSPS) is 24.3. The third-order valence-corrected chi connectivity index (χ3v) is 10.7. The summed E-state index contributed by atoms with van der Waals surface area (Å²) in [5.74, 6) is 0.430. The van der Waals surface area contributed by atoms with E-state index < -0.39 is 5.54 Å². The summed E-state index contributed by atoms with van der Waals surface area (Å²) in [5.41, 5.74) is 2.93. The molecule has 3 aromatic rings. The van der Waals surface area contributed by atoms with Gasteiger partial charge in [0.1, 0.15) is 11.3 Å². The zero-order valence-corrected chi connectivity index (χ0v) is 28.4. The number of nitrogens with one attached hydrogen (secondary N) is 1. The van der Waals surface area contributed by atoms with Crippen LogP contribution in [0.25, 0.3) is 10.8 Å². The van der Waals surface area contributed by atoms with Crippen LogP contribution in [-0.2, 0) is 20.9 Å². The Balaban J connectivity index is 1.22. The standard InChI is InChI=1S/C37H46N6O5/c1-5-34(44)38-30-20-25(10-13-33(30)47-4)22-41-23-26-21-32(29-11-12-31(39(2)3)28-9-7-6-8-27(28)29)43-36(46)42(35(45)37(26,43)24-41)15-14-40-16-18-48-19-17-40/h6-13,20,26,32H,5,14-19,21-24H2,1-4H3,(H,38,44)/t26-,32-,37?/m0/s1. The molecule has 7 rings (SSSR count). The van der Waals surface area contributed by atoms with Crippen LogP contribution >= 0.6 is 0 Å². The number of carbonyl (C=O) groups is 3. The van der Waals surface area contributed by atoms with Crippen molar-refractivity contribution < 1.29 is 23.9 Å². The van der Waals surface area contributed by atoms with E-state index >= 15 is 0 Å². The molecule has 11 nitrogen and oxygen atoms in total. The predicted octanol–water partition coefficient (Wildman–Crippen LogP) is 4.17. The fourth-order valence-corrected chi connectivity index (χ4v) is 8.38. The van der Waals surface area contributed by atoms with Gasteiger partial charge in [-0.1, -0.05) is 43.3 Å². The molecule has 3 atom stereocenters. The number of fused-ring (bicyclic) bond motifs is 1. The zero-order valence-electron chi connectivity index (χ0n) is 28.4. The van der Waals surface area contributed by atoms with Gasteiger partial charge in [-0.15, -0.1) is 0 Å². The molecule has 4 saturated heterocycles. The van der Waals surface area contributed by atoms with E-state index in [9.17, 15) is 14.4 Å². The molecule has 0 radical (unpaired) electrons. The number of likely N-dealkylation sites (tertiary alicyclic amines) is 1. The molecular formula is C37H46N6O5. The van der Waals surface area contributed by atoms with Crippen molar-refractivity contribution in [1.82, 2.24) is 19.6 Å². The molecule has 4 amide bonds. The van der Waals surface area contributed by atoms with Crippen LogP contribution in [0.15, 0.2) is 54.6 Å². The monoisotopic (exact) mass is 654 g/mol. The highest BCUT2D eigenvalue weighted by molar-refractivity contribution is 6.09. The van der Waals surface area contributed by atoms with Crippen LogP contribution < -0.4 is 15.0 Å². The maximum absolute atomic E-state index is 14.7. The number of ether oxygens (including phenoxy) is 2. The lowest BCUT2D eigenvalue weighted by Gasteiger charge is -2.33. The Labute approximate surface area is 282 Å². The molecular weight excluding hydrogens is 608 g/mol. The van der Waals surface area contributed by atoms with Crippen LogP contribution in [0, 0.1) is 5.92 Å². The number of imide groups is 1. The number of carbonyl (C=O) groups excluding carboxylic acids is 3. The third kappa shape index (κ3) is 5.47. The van der Waals surface area contributed by atoms with Gasteiger partial charge in [0.05, 0.1) is 32.1 Å². The van der Waals surface area contributed by atoms with E-state index in [1.807, 2.05) is 44.1 Å². The number of anilines is 2. The van der Waals surface area contributed by atoms with E-state index in [1.54, 1.807) is 7.11 Å². The Morgan fingerprint density at radius 3 is 2.52 bits per heavy atom. The van der Waals surface area contributed by atoms with E-state index in [-0.39, 0.29) is 29.8 Å². The Hall–Kier alpha value is -4.19. The Morgan fingerprint density at radius 1 is 1.02 bits per heavy atom. The molecule has 4 aliphatic heterocycles. The molecule has 0 bridgehead atoms. The zero-order chi connectivity index (χ0) is 33.6. The van der Waals surface area contributed by atoms with E-state index in [1.165, 1.54) is 4.90 Å². The van der Waals surface area contributed by atoms with Crippen molar-refractivity contribution in [2.75, 3.05) is 83.9 Å². The van der Waals surface area contributed by atoms with Gasteiger partial charge < -0.3 is 24.6 Å². The highest BCUT2D eigenvalue weighted by atomic mass is 16.5. The third-order valence-electron chi connectivity index (χ3n) is 10.7. The number of nitrogens with zero attached hydrogens (tertiary/aromatic N) is 5. The average Bonchev–Trinajstić information content (AvgIpc) is 3.67. The minimum absolute atomic E-state index is 0.0165. The van der Waals surface area contributed by atoms with Gasteiger partial charge in [-0.2, -0.15) is 0 Å². The fourth-order valence-electron chi connectivity index (χ4n) is 8.38. The second-order valence-electron chi connectivity index (χ2n) is 13.7. The smallest absolute Gasteiger partial charge is 0.328 e. The lowest BCUT2D eigenvalue weighted by Crippen LogP contribution is -2.51. The number of benzene rings is 3.